The van der Waals surface area contributed by atoms with E-state index >= 15 is 0 Å². The van der Waals surface area contributed by atoms with Gasteiger partial charge in [0, 0.05) is 24.2 Å². The van der Waals surface area contributed by atoms with E-state index in [1.54, 1.807) is 25.2 Å². The van der Waals surface area contributed by atoms with Crippen molar-refractivity contribution in [3.8, 4) is 0 Å². The minimum atomic E-state index is -0.336. The molecule has 0 fully saturated rings. The molecule has 1 rings (SSSR count). The summed E-state index contributed by atoms with van der Waals surface area (Å²) in [5.74, 6) is -0.499. The van der Waals surface area contributed by atoms with Gasteiger partial charge in [0.05, 0.1) is 13.5 Å². The highest BCUT2D eigenvalue weighted by Gasteiger charge is 2.14. The van der Waals surface area contributed by atoms with E-state index in [0.717, 1.165) is 5.56 Å². The normalized spacial score (nSPS) is 10.0. The van der Waals surface area contributed by atoms with Gasteiger partial charge in [-0.3, -0.25) is 9.59 Å². The molecule has 1 amide bonds. The average molecular weight is 270 g/mol. The Morgan fingerprint density at radius 2 is 2.00 bits per heavy atom. The first-order valence-corrected chi connectivity index (χ1v) is 5.91. The van der Waals surface area contributed by atoms with Gasteiger partial charge in [0.2, 0.25) is 0 Å². The third kappa shape index (κ3) is 4.04. The summed E-state index contributed by atoms with van der Waals surface area (Å²) in [5, 5.41) is 0.528. The summed E-state index contributed by atoms with van der Waals surface area (Å²) in [6.07, 6.45) is 0.179. The molecule has 0 N–H and O–H groups in total. The van der Waals surface area contributed by atoms with Gasteiger partial charge in [-0.2, -0.15) is 0 Å². The fourth-order valence-corrected chi connectivity index (χ4v) is 1.83. The van der Waals surface area contributed by atoms with E-state index in [9.17, 15) is 9.59 Å². The highest BCUT2D eigenvalue weighted by Crippen LogP contribution is 2.15. The molecule has 0 saturated heterocycles. The Bertz CT molecular complexity index is 439. The van der Waals surface area contributed by atoms with Crippen molar-refractivity contribution >= 4 is 23.5 Å². The Kier molecular flexibility index (Phi) is 5.16. The molecule has 1 aromatic carbocycles. The summed E-state index contributed by atoms with van der Waals surface area (Å²) in [6.45, 7) is 2.19. The maximum absolute atomic E-state index is 12.1. The van der Waals surface area contributed by atoms with Crippen molar-refractivity contribution in [3.63, 3.8) is 0 Å². The monoisotopic (exact) mass is 269 g/mol. The van der Waals surface area contributed by atoms with Gasteiger partial charge in [-0.05, 0) is 30.7 Å². The van der Waals surface area contributed by atoms with Crippen LogP contribution >= 0.6 is 11.6 Å². The lowest BCUT2D eigenvalue weighted by Gasteiger charge is -2.16. The molecule has 98 valence electrons. The van der Waals surface area contributed by atoms with Crippen LogP contribution in [0, 0.1) is 6.92 Å². The van der Waals surface area contributed by atoms with E-state index in [-0.39, 0.29) is 18.3 Å². The van der Waals surface area contributed by atoms with Crippen molar-refractivity contribution in [3.05, 3.63) is 34.3 Å². The van der Waals surface area contributed by atoms with Gasteiger partial charge in [-0.25, -0.2) is 0 Å². The van der Waals surface area contributed by atoms with Crippen LogP contribution in [-0.4, -0.2) is 37.5 Å². The number of esters is 1. The number of hydrogen-bond donors (Lipinski definition) is 0. The lowest BCUT2D eigenvalue weighted by molar-refractivity contribution is -0.140. The lowest BCUT2D eigenvalue weighted by Crippen LogP contribution is -2.29. The maximum atomic E-state index is 12.1. The second-order valence-corrected chi connectivity index (χ2v) is 4.51. The van der Waals surface area contributed by atoms with Crippen LogP contribution in [0.2, 0.25) is 5.02 Å². The number of amides is 1. The van der Waals surface area contributed by atoms with Crippen molar-refractivity contribution in [1.29, 1.82) is 0 Å². The predicted molar refractivity (Wildman–Crippen MR) is 69.8 cm³/mol. The summed E-state index contributed by atoms with van der Waals surface area (Å²) >= 11 is 5.90. The van der Waals surface area contributed by atoms with Gasteiger partial charge in [-0.1, -0.05) is 11.6 Å². The highest BCUT2D eigenvalue weighted by molar-refractivity contribution is 6.31. The molecule has 0 heterocycles. The molecule has 0 aliphatic rings. The SMILES string of the molecule is COC(=O)CCN(C)C(=O)c1cc(C)cc(Cl)c1. The molecule has 0 aromatic heterocycles. The topological polar surface area (TPSA) is 46.6 Å². The molecule has 0 saturated carbocycles. The molecular weight excluding hydrogens is 254 g/mol. The van der Waals surface area contributed by atoms with Gasteiger partial charge in [0.15, 0.2) is 0 Å². The van der Waals surface area contributed by atoms with Gasteiger partial charge < -0.3 is 9.64 Å². The summed E-state index contributed by atoms with van der Waals surface area (Å²) in [6, 6.07) is 5.17. The van der Waals surface area contributed by atoms with Crippen LogP contribution in [0.4, 0.5) is 0 Å². The number of benzene rings is 1. The number of aryl methyl sites for hydroxylation is 1. The average Bonchev–Trinajstić information content (AvgIpc) is 2.33. The Balaban J connectivity index is 2.71. The van der Waals surface area contributed by atoms with Crippen LogP contribution in [0.5, 0.6) is 0 Å². The van der Waals surface area contributed by atoms with Crippen molar-refractivity contribution in [2.24, 2.45) is 0 Å². The summed E-state index contributed by atoms with van der Waals surface area (Å²) in [5.41, 5.74) is 1.44. The molecule has 0 aliphatic carbocycles. The molecule has 4 nitrogen and oxygen atoms in total. The van der Waals surface area contributed by atoms with Crippen LogP contribution in [0.1, 0.15) is 22.3 Å². The second kappa shape index (κ2) is 6.40. The van der Waals surface area contributed by atoms with Gasteiger partial charge in [0.25, 0.3) is 5.91 Å². The van der Waals surface area contributed by atoms with E-state index in [2.05, 4.69) is 4.74 Å². The number of rotatable bonds is 4. The predicted octanol–water partition coefficient (Wildman–Crippen LogP) is 2.28. The molecular formula is C13H16ClNO3. The largest absolute Gasteiger partial charge is 0.469 e. The maximum Gasteiger partial charge on any atom is 0.307 e. The zero-order chi connectivity index (χ0) is 13.7. The molecule has 18 heavy (non-hydrogen) atoms. The van der Waals surface area contributed by atoms with Crippen LogP contribution < -0.4 is 0 Å². The second-order valence-electron chi connectivity index (χ2n) is 4.07. The van der Waals surface area contributed by atoms with E-state index in [0.29, 0.717) is 17.1 Å². The van der Waals surface area contributed by atoms with Gasteiger partial charge in [0.1, 0.15) is 0 Å². The Morgan fingerprint density at radius 3 is 2.56 bits per heavy atom. The Labute approximate surface area is 111 Å². The number of carbonyl (C=O) groups is 2. The Morgan fingerprint density at radius 1 is 1.33 bits per heavy atom. The first-order chi connectivity index (χ1) is 8.43. The zero-order valence-corrected chi connectivity index (χ0v) is 11.5. The van der Waals surface area contributed by atoms with Crippen molar-refractivity contribution in [2.75, 3.05) is 20.7 Å². The minimum Gasteiger partial charge on any atom is -0.469 e. The van der Waals surface area contributed by atoms with E-state index in [1.807, 2.05) is 6.92 Å². The fraction of sp³-hybridized carbons (Fsp3) is 0.385. The first-order valence-electron chi connectivity index (χ1n) is 5.53. The van der Waals surface area contributed by atoms with Crippen LogP contribution in [0.15, 0.2) is 18.2 Å². The third-order valence-electron chi connectivity index (χ3n) is 2.51. The standard InChI is InChI=1S/C13H16ClNO3/c1-9-6-10(8-11(14)7-9)13(17)15(2)5-4-12(16)18-3/h6-8H,4-5H2,1-3H3. The molecule has 0 aliphatic heterocycles. The highest BCUT2D eigenvalue weighted by atomic mass is 35.5. The number of carbonyl (C=O) groups excluding carboxylic acids is 2. The molecule has 0 unspecified atom stereocenters. The lowest BCUT2D eigenvalue weighted by atomic mass is 10.1. The van der Waals surface area contributed by atoms with E-state index < -0.39 is 0 Å². The van der Waals surface area contributed by atoms with Crippen LogP contribution in [-0.2, 0) is 9.53 Å². The molecule has 0 atom stereocenters. The summed E-state index contributed by atoms with van der Waals surface area (Å²) in [7, 11) is 2.96. The summed E-state index contributed by atoms with van der Waals surface area (Å²) < 4.78 is 4.53. The number of halogens is 1. The first kappa shape index (κ1) is 14.5. The number of ether oxygens (including phenoxy) is 1. The number of nitrogens with zero attached hydrogens (tertiary/aromatic N) is 1. The van der Waals surface area contributed by atoms with E-state index in [1.165, 1.54) is 12.0 Å². The van der Waals surface area contributed by atoms with Crippen LogP contribution in [0.3, 0.4) is 0 Å². The van der Waals surface area contributed by atoms with Crippen molar-refractivity contribution < 1.29 is 14.3 Å². The molecule has 5 heteroatoms. The van der Waals surface area contributed by atoms with Gasteiger partial charge in [-0.15, -0.1) is 0 Å². The fourth-order valence-electron chi connectivity index (χ4n) is 1.54. The molecule has 0 radical (unpaired) electrons. The third-order valence-corrected chi connectivity index (χ3v) is 2.73. The molecule has 0 spiro atoms. The quantitative estimate of drug-likeness (QED) is 0.788. The van der Waals surface area contributed by atoms with Crippen molar-refractivity contribution in [1.82, 2.24) is 4.90 Å². The smallest absolute Gasteiger partial charge is 0.307 e. The number of hydrogen-bond acceptors (Lipinski definition) is 3. The molecule has 1 aromatic rings. The van der Waals surface area contributed by atoms with Crippen molar-refractivity contribution in [2.45, 2.75) is 13.3 Å². The Hall–Kier alpha value is -1.55. The van der Waals surface area contributed by atoms with E-state index in [4.69, 9.17) is 11.6 Å². The zero-order valence-electron chi connectivity index (χ0n) is 10.7. The minimum absolute atomic E-state index is 0.162. The van der Waals surface area contributed by atoms with Crippen LogP contribution in [0.25, 0.3) is 0 Å². The molecule has 0 bridgehead atoms. The number of methoxy groups -OCH3 is 1. The van der Waals surface area contributed by atoms with Gasteiger partial charge >= 0.3 is 5.97 Å². The summed E-state index contributed by atoms with van der Waals surface area (Å²) in [4.78, 5) is 24.5.